The van der Waals surface area contributed by atoms with E-state index in [1.165, 1.54) is 0 Å². The van der Waals surface area contributed by atoms with Crippen LogP contribution in [-0.4, -0.2) is 54.8 Å². The largest absolute Gasteiger partial charge is 0.480 e. The summed E-state index contributed by atoms with van der Waals surface area (Å²) < 4.78 is 30.6. The van der Waals surface area contributed by atoms with Gasteiger partial charge < -0.3 is 9.84 Å². The summed E-state index contributed by atoms with van der Waals surface area (Å²) in [4.78, 5) is 11.0. The molecule has 0 aromatic carbocycles. The zero-order chi connectivity index (χ0) is 12.5. The number of carbonyl (C=O) groups is 1. The Morgan fingerprint density at radius 3 is 2.71 bits per heavy atom. The van der Waals surface area contributed by atoms with Crippen LogP contribution in [0.1, 0.15) is 25.7 Å². The first-order valence-electron chi connectivity index (χ1n) is 5.84. The van der Waals surface area contributed by atoms with Crippen LogP contribution in [0, 0.1) is 0 Å². The molecule has 7 heteroatoms. The van der Waals surface area contributed by atoms with E-state index in [0.717, 1.165) is 17.1 Å². The minimum atomic E-state index is -3.51. The summed E-state index contributed by atoms with van der Waals surface area (Å²) in [5.41, 5.74) is 0. The number of hydrogen-bond acceptors (Lipinski definition) is 4. The molecule has 0 aromatic heterocycles. The van der Waals surface area contributed by atoms with Gasteiger partial charge in [0.05, 0.1) is 11.9 Å². The molecule has 17 heavy (non-hydrogen) atoms. The SMILES string of the molecule is O=C(O)[C@@H]1CCCN1S(=O)(=O)CC1CCCO1. The van der Waals surface area contributed by atoms with Gasteiger partial charge in [0.15, 0.2) is 0 Å². The Morgan fingerprint density at radius 2 is 2.12 bits per heavy atom. The van der Waals surface area contributed by atoms with Crippen molar-refractivity contribution in [2.24, 2.45) is 0 Å². The summed E-state index contributed by atoms with van der Waals surface area (Å²) in [6.45, 7) is 0.911. The number of carboxylic acid groups (broad SMARTS) is 1. The number of rotatable bonds is 4. The number of carboxylic acids is 1. The average Bonchev–Trinajstić information content (AvgIpc) is 2.84. The molecule has 0 aliphatic carbocycles. The van der Waals surface area contributed by atoms with Gasteiger partial charge in [-0.1, -0.05) is 0 Å². The third-order valence-electron chi connectivity index (χ3n) is 3.27. The molecule has 2 rings (SSSR count). The predicted molar refractivity (Wildman–Crippen MR) is 60.1 cm³/mol. The van der Waals surface area contributed by atoms with Crippen LogP contribution < -0.4 is 0 Å². The van der Waals surface area contributed by atoms with Gasteiger partial charge in [-0.15, -0.1) is 0 Å². The standard InChI is InChI=1S/C10H17NO5S/c12-10(13)9-4-1-5-11(9)17(14,15)7-8-3-2-6-16-8/h8-9H,1-7H2,(H,12,13)/t8?,9-/m0/s1. The van der Waals surface area contributed by atoms with E-state index >= 15 is 0 Å². The van der Waals surface area contributed by atoms with Crippen LogP contribution in [0.5, 0.6) is 0 Å². The zero-order valence-corrected chi connectivity index (χ0v) is 10.4. The number of ether oxygens (including phenoxy) is 1. The van der Waals surface area contributed by atoms with Crippen molar-refractivity contribution >= 4 is 16.0 Å². The molecule has 1 N–H and O–H groups in total. The van der Waals surface area contributed by atoms with Gasteiger partial charge in [0, 0.05) is 13.2 Å². The fraction of sp³-hybridized carbons (Fsp3) is 0.900. The first-order chi connectivity index (χ1) is 8.00. The highest BCUT2D eigenvalue weighted by atomic mass is 32.2. The lowest BCUT2D eigenvalue weighted by atomic mass is 10.2. The maximum absolute atomic E-state index is 12.1. The third-order valence-corrected chi connectivity index (χ3v) is 5.21. The second kappa shape index (κ2) is 4.91. The Labute approximate surface area is 101 Å². The molecule has 0 spiro atoms. The highest BCUT2D eigenvalue weighted by molar-refractivity contribution is 7.89. The van der Waals surface area contributed by atoms with E-state index in [1.54, 1.807) is 0 Å². The minimum absolute atomic E-state index is 0.0865. The molecule has 0 bridgehead atoms. The number of aliphatic carboxylic acids is 1. The Hall–Kier alpha value is -0.660. The molecule has 0 radical (unpaired) electrons. The smallest absolute Gasteiger partial charge is 0.322 e. The van der Waals surface area contributed by atoms with Crippen LogP contribution in [0.25, 0.3) is 0 Å². The Morgan fingerprint density at radius 1 is 1.35 bits per heavy atom. The first-order valence-corrected chi connectivity index (χ1v) is 7.45. The molecule has 2 aliphatic rings. The monoisotopic (exact) mass is 263 g/mol. The summed E-state index contributed by atoms with van der Waals surface area (Å²) in [6, 6.07) is -0.888. The maximum atomic E-state index is 12.1. The second-order valence-electron chi connectivity index (χ2n) is 4.52. The molecular formula is C10H17NO5S. The second-order valence-corrected chi connectivity index (χ2v) is 6.49. The van der Waals surface area contributed by atoms with Crippen molar-refractivity contribution in [2.75, 3.05) is 18.9 Å². The van der Waals surface area contributed by atoms with E-state index in [2.05, 4.69) is 0 Å². The fourth-order valence-electron chi connectivity index (χ4n) is 2.43. The predicted octanol–water partition coefficient (Wildman–Crippen LogP) is 0.0442. The molecular weight excluding hydrogens is 246 g/mol. The summed E-state index contributed by atoms with van der Waals surface area (Å²) in [5.74, 6) is -1.14. The normalized spacial score (nSPS) is 30.8. The number of sulfonamides is 1. The van der Waals surface area contributed by atoms with Gasteiger partial charge in [0.25, 0.3) is 0 Å². The lowest BCUT2D eigenvalue weighted by molar-refractivity contribution is -0.140. The quantitative estimate of drug-likeness (QED) is 0.774. The highest BCUT2D eigenvalue weighted by Gasteiger charge is 2.39. The number of nitrogens with zero attached hydrogens (tertiary/aromatic N) is 1. The molecule has 2 fully saturated rings. The van der Waals surface area contributed by atoms with Crippen molar-refractivity contribution < 1.29 is 23.1 Å². The first kappa shape index (κ1) is 12.8. The van der Waals surface area contributed by atoms with Crippen LogP contribution in [0.15, 0.2) is 0 Å². The van der Waals surface area contributed by atoms with Crippen molar-refractivity contribution in [3.05, 3.63) is 0 Å². The lowest BCUT2D eigenvalue weighted by Gasteiger charge is -2.22. The Kier molecular flexibility index (Phi) is 3.70. The third kappa shape index (κ3) is 2.78. The number of hydrogen-bond donors (Lipinski definition) is 1. The van der Waals surface area contributed by atoms with Gasteiger partial charge in [-0.2, -0.15) is 4.31 Å². The summed E-state index contributed by atoms with van der Waals surface area (Å²) in [7, 11) is -3.51. The highest BCUT2D eigenvalue weighted by Crippen LogP contribution is 2.24. The molecule has 1 unspecified atom stereocenters. The van der Waals surface area contributed by atoms with Crippen molar-refractivity contribution in [2.45, 2.75) is 37.8 Å². The van der Waals surface area contributed by atoms with Crippen molar-refractivity contribution in [1.29, 1.82) is 0 Å². The van der Waals surface area contributed by atoms with E-state index in [1.807, 2.05) is 0 Å². The summed E-state index contributed by atoms with van der Waals surface area (Å²) in [6.07, 6.45) is 2.37. The van der Waals surface area contributed by atoms with E-state index in [0.29, 0.717) is 26.0 Å². The van der Waals surface area contributed by atoms with Gasteiger partial charge in [0.2, 0.25) is 10.0 Å². The Bertz CT molecular complexity index is 388. The molecule has 6 nitrogen and oxygen atoms in total. The van der Waals surface area contributed by atoms with Gasteiger partial charge >= 0.3 is 5.97 Å². The van der Waals surface area contributed by atoms with E-state index in [4.69, 9.17) is 9.84 Å². The van der Waals surface area contributed by atoms with Crippen LogP contribution in [0.2, 0.25) is 0 Å². The topological polar surface area (TPSA) is 83.9 Å². The van der Waals surface area contributed by atoms with Gasteiger partial charge in [0.1, 0.15) is 6.04 Å². The van der Waals surface area contributed by atoms with E-state index in [-0.39, 0.29) is 11.9 Å². The molecule has 2 saturated heterocycles. The molecule has 0 amide bonds. The summed E-state index contributed by atoms with van der Waals surface area (Å²) >= 11 is 0. The van der Waals surface area contributed by atoms with Gasteiger partial charge in [-0.25, -0.2) is 8.42 Å². The van der Waals surface area contributed by atoms with E-state index < -0.39 is 22.0 Å². The molecule has 0 saturated carbocycles. The van der Waals surface area contributed by atoms with Gasteiger partial charge in [-0.3, -0.25) is 4.79 Å². The van der Waals surface area contributed by atoms with Crippen LogP contribution in [0.3, 0.4) is 0 Å². The van der Waals surface area contributed by atoms with E-state index in [9.17, 15) is 13.2 Å². The van der Waals surface area contributed by atoms with Gasteiger partial charge in [-0.05, 0) is 25.7 Å². The average molecular weight is 263 g/mol. The van der Waals surface area contributed by atoms with Crippen molar-refractivity contribution in [3.8, 4) is 0 Å². The van der Waals surface area contributed by atoms with Crippen LogP contribution in [-0.2, 0) is 19.6 Å². The lowest BCUT2D eigenvalue weighted by Crippen LogP contribution is -2.43. The summed E-state index contributed by atoms with van der Waals surface area (Å²) in [5, 5.41) is 8.97. The molecule has 2 heterocycles. The zero-order valence-electron chi connectivity index (χ0n) is 9.54. The molecule has 2 atom stereocenters. The van der Waals surface area contributed by atoms with Crippen molar-refractivity contribution in [3.63, 3.8) is 0 Å². The molecule has 0 aromatic rings. The van der Waals surface area contributed by atoms with Crippen LogP contribution in [0.4, 0.5) is 0 Å². The van der Waals surface area contributed by atoms with Crippen LogP contribution >= 0.6 is 0 Å². The van der Waals surface area contributed by atoms with Crippen molar-refractivity contribution in [1.82, 2.24) is 4.31 Å². The fourth-order valence-corrected chi connectivity index (χ4v) is 4.34. The molecule has 98 valence electrons. The maximum Gasteiger partial charge on any atom is 0.322 e. The molecule has 2 aliphatic heterocycles. The Balaban J connectivity index is 2.06. The minimum Gasteiger partial charge on any atom is -0.480 e.